The van der Waals surface area contributed by atoms with E-state index >= 15 is 0 Å². The predicted octanol–water partition coefficient (Wildman–Crippen LogP) is 1.22. The van der Waals surface area contributed by atoms with Crippen LogP contribution in [-0.2, 0) is 0 Å². The number of nitro groups is 1. The topological polar surface area (TPSA) is 113 Å². The summed E-state index contributed by atoms with van der Waals surface area (Å²) in [6.07, 6.45) is 0.321. The van der Waals surface area contributed by atoms with E-state index in [4.69, 9.17) is 0 Å². The maximum absolute atomic E-state index is 12.1. The van der Waals surface area contributed by atoms with Crippen LogP contribution in [0.3, 0.4) is 0 Å². The highest BCUT2D eigenvalue weighted by molar-refractivity contribution is 9.10. The van der Waals surface area contributed by atoms with Gasteiger partial charge in [0.15, 0.2) is 0 Å². The molecule has 20 heavy (non-hydrogen) atoms. The van der Waals surface area contributed by atoms with E-state index in [2.05, 4.69) is 21.2 Å². The number of benzene rings is 1. The Balaban J connectivity index is 3.06. The van der Waals surface area contributed by atoms with Crippen molar-refractivity contribution in [1.82, 2.24) is 5.32 Å². The smallest absolute Gasteiger partial charge is 0.271 e. The van der Waals surface area contributed by atoms with Crippen molar-refractivity contribution in [3.63, 3.8) is 0 Å². The van der Waals surface area contributed by atoms with Gasteiger partial charge < -0.3 is 15.5 Å². The summed E-state index contributed by atoms with van der Waals surface area (Å²) in [5.74, 6) is -0.598. The molecule has 1 rings (SSSR count). The third-order valence-corrected chi connectivity index (χ3v) is 3.47. The molecule has 1 aromatic carbocycles. The van der Waals surface area contributed by atoms with E-state index in [0.29, 0.717) is 10.9 Å². The first-order valence-corrected chi connectivity index (χ1v) is 6.66. The van der Waals surface area contributed by atoms with Crippen LogP contribution in [0.5, 0.6) is 0 Å². The van der Waals surface area contributed by atoms with Crippen molar-refractivity contribution in [3.05, 3.63) is 38.3 Å². The van der Waals surface area contributed by atoms with Gasteiger partial charge in [-0.05, 0) is 12.5 Å². The summed E-state index contributed by atoms with van der Waals surface area (Å²) in [6, 6.07) is 3.84. The van der Waals surface area contributed by atoms with Gasteiger partial charge in [-0.25, -0.2) is 0 Å². The number of hydrogen-bond donors (Lipinski definition) is 3. The highest BCUT2D eigenvalue weighted by Gasteiger charge is 2.29. The van der Waals surface area contributed by atoms with Gasteiger partial charge in [0.2, 0.25) is 0 Å². The normalized spacial score (nSPS) is 11.2. The molecule has 1 amide bonds. The van der Waals surface area contributed by atoms with Gasteiger partial charge in [0.25, 0.3) is 11.6 Å². The van der Waals surface area contributed by atoms with Crippen LogP contribution >= 0.6 is 15.9 Å². The molecule has 0 saturated heterocycles. The number of nitrogens with zero attached hydrogens (tertiary/aromatic N) is 1. The van der Waals surface area contributed by atoms with E-state index in [1.54, 1.807) is 6.92 Å². The maximum Gasteiger partial charge on any atom is 0.271 e. The first-order valence-electron chi connectivity index (χ1n) is 5.86. The van der Waals surface area contributed by atoms with Crippen LogP contribution < -0.4 is 5.32 Å². The van der Waals surface area contributed by atoms with Gasteiger partial charge in [-0.15, -0.1) is 0 Å². The molecule has 8 heteroatoms. The number of carbonyl (C=O) groups excluding carboxylic acids is 1. The SMILES string of the molecule is CCC(CO)(CO)NC(=O)c1cc(Br)cc([N+](=O)[O-])c1. The zero-order chi connectivity index (χ0) is 15.3. The summed E-state index contributed by atoms with van der Waals surface area (Å²) in [5.41, 5.74) is -1.29. The second-order valence-corrected chi connectivity index (χ2v) is 5.28. The molecule has 0 atom stereocenters. The summed E-state index contributed by atoms with van der Waals surface area (Å²) in [7, 11) is 0. The van der Waals surface area contributed by atoms with Crippen LogP contribution in [0.4, 0.5) is 5.69 Å². The number of carbonyl (C=O) groups is 1. The van der Waals surface area contributed by atoms with E-state index in [1.165, 1.54) is 12.1 Å². The molecule has 0 heterocycles. The Morgan fingerprint density at radius 3 is 2.45 bits per heavy atom. The number of aliphatic hydroxyl groups excluding tert-OH is 2. The number of non-ortho nitro benzene ring substituents is 1. The fraction of sp³-hybridized carbons (Fsp3) is 0.417. The lowest BCUT2D eigenvalue weighted by Crippen LogP contribution is -2.53. The van der Waals surface area contributed by atoms with Gasteiger partial charge in [0.05, 0.1) is 23.7 Å². The molecule has 0 spiro atoms. The van der Waals surface area contributed by atoms with Gasteiger partial charge in [0, 0.05) is 22.2 Å². The third-order valence-electron chi connectivity index (χ3n) is 3.02. The molecule has 3 N–H and O–H groups in total. The summed E-state index contributed by atoms with van der Waals surface area (Å²) in [4.78, 5) is 22.2. The summed E-state index contributed by atoms with van der Waals surface area (Å²) < 4.78 is 0.395. The van der Waals surface area contributed by atoms with Crippen molar-refractivity contribution < 1.29 is 19.9 Å². The molecular formula is C12H15BrN2O5. The Hall–Kier alpha value is -1.51. The largest absolute Gasteiger partial charge is 0.394 e. The Morgan fingerprint density at radius 2 is 2.00 bits per heavy atom. The molecule has 1 aromatic rings. The van der Waals surface area contributed by atoms with E-state index in [9.17, 15) is 25.1 Å². The van der Waals surface area contributed by atoms with Gasteiger partial charge in [-0.1, -0.05) is 22.9 Å². The Kier molecular flexibility index (Phi) is 5.61. The molecular weight excluding hydrogens is 332 g/mol. The fourth-order valence-corrected chi connectivity index (χ4v) is 2.05. The van der Waals surface area contributed by atoms with Crippen molar-refractivity contribution in [2.45, 2.75) is 18.9 Å². The van der Waals surface area contributed by atoms with E-state index in [0.717, 1.165) is 6.07 Å². The quantitative estimate of drug-likeness (QED) is 0.529. The second-order valence-electron chi connectivity index (χ2n) is 4.36. The number of nitrogens with one attached hydrogen (secondary N) is 1. The summed E-state index contributed by atoms with van der Waals surface area (Å²) in [6.45, 7) is 0.847. The Bertz CT molecular complexity index is 508. The number of nitro benzene ring substituents is 1. The highest BCUT2D eigenvalue weighted by Crippen LogP contribution is 2.22. The van der Waals surface area contributed by atoms with Crippen LogP contribution in [0.25, 0.3) is 0 Å². The molecule has 0 aliphatic heterocycles. The maximum atomic E-state index is 12.1. The molecule has 0 bridgehead atoms. The summed E-state index contributed by atoms with van der Waals surface area (Å²) >= 11 is 3.10. The fourth-order valence-electron chi connectivity index (χ4n) is 1.56. The minimum absolute atomic E-state index is 0.0748. The van der Waals surface area contributed by atoms with Crippen LogP contribution in [0, 0.1) is 10.1 Å². The molecule has 0 fully saturated rings. The van der Waals surface area contributed by atoms with Crippen molar-refractivity contribution in [2.75, 3.05) is 13.2 Å². The van der Waals surface area contributed by atoms with Gasteiger partial charge in [-0.2, -0.15) is 0 Å². The lowest BCUT2D eigenvalue weighted by Gasteiger charge is -2.29. The summed E-state index contributed by atoms with van der Waals surface area (Å²) in [5, 5.41) is 31.8. The van der Waals surface area contributed by atoms with Crippen molar-refractivity contribution in [1.29, 1.82) is 0 Å². The third kappa shape index (κ3) is 3.75. The molecule has 0 aromatic heterocycles. The molecule has 0 aliphatic rings. The van der Waals surface area contributed by atoms with Crippen molar-refractivity contribution in [2.24, 2.45) is 0 Å². The second kappa shape index (κ2) is 6.78. The van der Waals surface area contributed by atoms with Gasteiger partial charge >= 0.3 is 0 Å². The number of halogens is 1. The average molecular weight is 347 g/mol. The molecule has 110 valence electrons. The minimum Gasteiger partial charge on any atom is -0.394 e. The number of hydrogen-bond acceptors (Lipinski definition) is 5. The van der Waals surface area contributed by atoms with Crippen molar-refractivity contribution >= 4 is 27.5 Å². The first kappa shape index (κ1) is 16.5. The predicted molar refractivity (Wildman–Crippen MR) is 75.5 cm³/mol. The van der Waals surface area contributed by atoms with E-state index in [1.807, 2.05) is 0 Å². The van der Waals surface area contributed by atoms with Crippen LogP contribution in [-0.4, -0.2) is 39.8 Å². The molecule has 0 radical (unpaired) electrons. The van der Waals surface area contributed by atoms with E-state index < -0.39 is 29.6 Å². The lowest BCUT2D eigenvalue weighted by atomic mass is 9.98. The number of aliphatic hydroxyl groups is 2. The van der Waals surface area contributed by atoms with Gasteiger partial charge in [0.1, 0.15) is 0 Å². The standard InChI is InChI=1S/C12H15BrN2O5/c1-2-12(6-16,7-17)14-11(18)8-3-9(13)5-10(4-8)15(19)20/h3-5,16-17H,2,6-7H2,1H3,(H,14,18). The van der Waals surface area contributed by atoms with Crippen molar-refractivity contribution in [3.8, 4) is 0 Å². The first-order chi connectivity index (χ1) is 9.37. The molecule has 7 nitrogen and oxygen atoms in total. The number of amides is 1. The lowest BCUT2D eigenvalue weighted by molar-refractivity contribution is -0.385. The molecule has 0 unspecified atom stereocenters. The van der Waals surface area contributed by atoms with Crippen LogP contribution in [0.15, 0.2) is 22.7 Å². The Morgan fingerprint density at radius 1 is 1.40 bits per heavy atom. The van der Waals surface area contributed by atoms with Crippen LogP contribution in [0.1, 0.15) is 23.7 Å². The Labute approximate surface area is 123 Å². The monoisotopic (exact) mass is 346 g/mol. The van der Waals surface area contributed by atoms with E-state index in [-0.39, 0.29) is 11.3 Å². The molecule has 0 aliphatic carbocycles. The zero-order valence-electron chi connectivity index (χ0n) is 10.8. The van der Waals surface area contributed by atoms with Crippen LogP contribution in [0.2, 0.25) is 0 Å². The van der Waals surface area contributed by atoms with Gasteiger partial charge in [-0.3, -0.25) is 14.9 Å². The number of rotatable bonds is 6. The highest BCUT2D eigenvalue weighted by atomic mass is 79.9. The molecule has 0 saturated carbocycles. The zero-order valence-corrected chi connectivity index (χ0v) is 12.4. The average Bonchev–Trinajstić information content (AvgIpc) is 2.44. The minimum atomic E-state index is -1.14.